The van der Waals surface area contributed by atoms with Gasteiger partial charge < -0.3 is 19.5 Å². The molecule has 29 heavy (non-hydrogen) atoms. The van der Waals surface area contributed by atoms with Crippen LogP contribution in [0.15, 0.2) is 18.2 Å². The zero-order valence-electron chi connectivity index (χ0n) is 16.0. The Morgan fingerprint density at radius 2 is 1.97 bits per heavy atom. The average molecular weight is 418 g/mol. The van der Waals surface area contributed by atoms with Gasteiger partial charge in [0.15, 0.2) is 11.4 Å². The number of nitrogens with zero attached hydrogens (tertiary/aromatic N) is 3. The van der Waals surface area contributed by atoms with Crippen molar-refractivity contribution >= 4 is 23.4 Å². The second-order valence-electron chi connectivity index (χ2n) is 8.12. The van der Waals surface area contributed by atoms with Gasteiger partial charge in [0, 0.05) is 38.3 Å². The molecule has 0 bridgehead atoms. The van der Waals surface area contributed by atoms with Crippen LogP contribution in [0.3, 0.4) is 0 Å². The minimum absolute atomic E-state index is 0.00996. The van der Waals surface area contributed by atoms with Gasteiger partial charge in [0.2, 0.25) is 0 Å². The summed E-state index contributed by atoms with van der Waals surface area (Å²) in [5, 5.41) is 10.9. The SMILES string of the molecule is CCN1CC2(CC2)n2c3c(c(O)c2C1=O)C(=O)N(Cc1ccc(F)c(Cl)c1)CC3. The van der Waals surface area contributed by atoms with E-state index in [0.29, 0.717) is 31.6 Å². The predicted octanol–water partition coefficient (Wildman–Crippen LogP) is 3.15. The minimum Gasteiger partial charge on any atom is -0.505 e. The van der Waals surface area contributed by atoms with Crippen LogP contribution in [0.4, 0.5) is 4.39 Å². The van der Waals surface area contributed by atoms with Gasteiger partial charge in [0.1, 0.15) is 11.4 Å². The molecule has 0 saturated heterocycles. The van der Waals surface area contributed by atoms with Crippen molar-refractivity contribution in [2.75, 3.05) is 19.6 Å². The number of likely N-dealkylation sites (N-methyl/N-ethyl adjacent to an activating group) is 1. The van der Waals surface area contributed by atoms with Crippen LogP contribution in [0.2, 0.25) is 5.02 Å². The molecule has 0 unspecified atom stereocenters. The zero-order chi connectivity index (χ0) is 20.5. The summed E-state index contributed by atoms with van der Waals surface area (Å²) in [5.41, 5.74) is 1.77. The maximum atomic E-state index is 13.4. The first-order valence-electron chi connectivity index (χ1n) is 9.86. The van der Waals surface area contributed by atoms with Crippen LogP contribution in [0, 0.1) is 5.82 Å². The summed E-state index contributed by atoms with van der Waals surface area (Å²) in [6.45, 7) is 3.84. The highest BCUT2D eigenvalue weighted by atomic mass is 35.5. The van der Waals surface area contributed by atoms with Crippen molar-refractivity contribution in [1.29, 1.82) is 0 Å². The Morgan fingerprint density at radius 1 is 1.21 bits per heavy atom. The molecule has 6 nitrogen and oxygen atoms in total. The van der Waals surface area contributed by atoms with Gasteiger partial charge in [-0.25, -0.2) is 4.39 Å². The number of benzene rings is 1. The van der Waals surface area contributed by atoms with Gasteiger partial charge >= 0.3 is 0 Å². The summed E-state index contributed by atoms with van der Waals surface area (Å²) < 4.78 is 15.4. The first kappa shape index (κ1) is 18.5. The second kappa shape index (κ2) is 6.23. The number of rotatable bonds is 3. The van der Waals surface area contributed by atoms with Crippen LogP contribution in [0.25, 0.3) is 0 Å². The maximum absolute atomic E-state index is 13.4. The van der Waals surface area contributed by atoms with E-state index < -0.39 is 5.82 Å². The molecule has 0 atom stereocenters. The average Bonchev–Trinajstić information content (AvgIpc) is 3.39. The van der Waals surface area contributed by atoms with Gasteiger partial charge in [-0.05, 0) is 37.5 Å². The monoisotopic (exact) mass is 417 g/mol. The quantitative estimate of drug-likeness (QED) is 0.834. The summed E-state index contributed by atoms with van der Waals surface area (Å²) in [6, 6.07) is 4.38. The first-order valence-corrected chi connectivity index (χ1v) is 10.2. The van der Waals surface area contributed by atoms with Gasteiger partial charge in [0.25, 0.3) is 11.8 Å². The lowest BCUT2D eigenvalue weighted by Gasteiger charge is -2.36. The van der Waals surface area contributed by atoms with Crippen LogP contribution in [0.1, 0.15) is 51.9 Å². The number of aromatic hydroxyl groups is 1. The minimum atomic E-state index is -0.505. The first-order chi connectivity index (χ1) is 13.9. The van der Waals surface area contributed by atoms with Crippen molar-refractivity contribution in [3.63, 3.8) is 0 Å². The number of aromatic nitrogens is 1. The number of halogens is 2. The van der Waals surface area contributed by atoms with Crippen molar-refractivity contribution in [3.05, 3.63) is 51.6 Å². The Balaban J connectivity index is 1.53. The molecule has 2 aromatic rings. The number of carbonyl (C=O) groups excluding carboxylic acids is 2. The third kappa shape index (κ3) is 2.60. The Bertz CT molecular complexity index is 1060. The molecular weight excluding hydrogens is 397 g/mol. The highest BCUT2D eigenvalue weighted by Crippen LogP contribution is 2.52. The molecule has 1 N–H and O–H groups in total. The Hall–Kier alpha value is -2.54. The Kier molecular flexibility index (Phi) is 3.97. The van der Waals surface area contributed by atoms with E-state index >= 15 is 0 Å². The lowest BCUT2D eigenvalue weighted by atomic mass is 10.0. The van der Waals surface area contributed by atoms with E-state index in [9.17, 15) is 19.1 Å². The number of hydrogen-bond acceptors (Lipinski definition) is 3. The third-order valence-electron chi connectivity index (χ3n) is 6.38. The fourth-order valence-corrected chi connectivity index (χ4v) is 4.93. The van der Waals surface area contributed by atoms with Gasteiger partial charge in [-0.2, -0.15) is 0 Å². The third-order valence-corrected chi connectivity index (χ3v) is 6.67. The lowest BCUT2D eigenvalue weighted by Crippen LogP contribution is -2.47. The van der Waals surface area contributed by atoms with Crippen molar-refractivity contribution < 1.29 is 19.1 Å². The summed E-state index contributed by atoms with van der Waals surface area (Å²) in [6.07, 6.45) is 2.44. The van der Waals surface area contributed by atoms with Crippen LogP contribution in [-0.2, 0) is 18.5 Å². The van der Waals surface area contributed by atoms with E-state index in [0.717, 1.165) is 18.5 Å². The molecule has 2 aliphatic heterocycles. The second-order valence-corrected chi connectivity index (χ2v) is 8.53. The fraction of sp³-hybridized carbons (Fsp3) is 0.429. The van der Waals surface area contributed by atoms with Gasteiger partial charge in [-0.3, -0.25) is 9.59 Å². The summed E-state index contributed by atoms with van der Waals surface area (Å²) >= 11 is 5.86. The molecule has 1 spiro atoms. The van der Waals surface area contributed by atoms with Gasteiger partial charge in [0.05, 0.1) is 10.6 Å². The molecule has 152 valence electrons. The Morgan fingerprint density at radius 3 is 2.62 bits per heavy atom. The molecule has 5 rings (SSSR count). The van der Waals surface area contributed by atoms with Crippen molar-refractivity contribution in [2.24, 2.45) is 0 Å². The van der Waals surface area contributed by atoms with Gasteiger partial charge in [-0.1, -0.05) is 17.7 Å². The molecule has 1 saturated carbocycles. The zero-order valence-corrected chi connectivity index (χ0v) is 16.8. The smallest absolute Gasteiger partial charge is 0.274 e. The molecule has 8 heteroatoms. The van der Waals surface area contributed by atoms with Crippen LogP contribution in [-0.4, -0.2) is 50.9 Å². The number of amides is 2. The van der Waals surface area contributed by atoms with E-state index in [2.05, 4.69) is 0 Å². The molecule has 1 aromatic heterocycles. The molecule has 0 radical (unpaired) electrons. The van der Waals surface area contributed by atoms with Crippen molar-refractivity contribution in [2.45, 2.75) is 38.3 Å². The number of hydrogen-bond donors (Lipinski definition) is 1. The topological polar surface area (TPSA) is 65.8 Å². The molecule has 1 fully saturated rings. The molecule has 2 amide bonds. The largest absolute Gasteiger partial charge is 0.505 e. The van der Waals surface area contributed by atoms with E-state index in [-0.39, 0.29) is 45.9 Å². The predicted molar refractivity (Wildman–Crippen MR) is 105 cm³/mol. The lowest BCUT2D eigenvalue weighted by molar-refractivity contribution is 0.0650. The standard InChI is InChI=1S/C21H21ClFN3O3/c1-2-24-11-21(6-7-21)26-15-5-8-25(10-12-3-4-14(23)13(22)9-12)19(28)16(15)18(27)17(26)20(24)29/h3-4,9,27H,2,5-8,10-11H2,1H3. The summed E-state index contributed by atoms with van der Waals surface area (Å²) in [4.78, 5) is 29.5. The number of carbonyl (C=O) groups is 2. The van der Waals surface area contributed by atoms with Crippen molar-refractivity contribution in [1.82, 2.24) is 14.4 Å². The van der Waals surface area contributed by atoms with Crippen molar-refractivity contribution in [3.8, 4) is 5.75 Å². The van der Waals surface area contributed by atoms with E-state index in [1.807, 2.05) is 11.5 Å². The van der Waals surface area contributed by atoms with E-state index in [1.54, 1.807) is 15.9 Å². The Labute approximate surface area is 172 Å². The molecule has 1 aliphatic carbocycles. The van der Waals surface area contributed by atoms with Crippen LogP contribution < -0.4 is 0 Å². The highest BCUT2D eigenvalue weighted by Gasteiger charge is 2.55. The van der Waals surface area contributed by atoms with Gasteiger partial charge in [-0.15, -0.1) is 0 Å². The van der Waals surface area contributed by atoms with Crippen LogP contribution >= 0.6 is 11.6 Å². The molecule has 3 aliphatic rings. The molecule has 1 aromatic carbocycles. The van der Waals surface area contributed by atoms with E-state index in [4.69, 9.17) is 11.6 Å². The normalized spacial score (nSPS) is 19.6. The molecule has 3 heterocycles. The maximum Gasteiger partial charge on any atom is 0.274 e. The highest BCUT2D eigenvalue weighted by molar-refractivity contribution is 6.30. The molecular formula is C21H21ClFN3O3. The number of fused-ring (bicyclic) bond motifs is 4. The summed E-state index contributed by atoms with van der Waals surface area (Å²) in [5.74, 6) is -1.24. The van der Waals surface area contributed by atoms with E-state index in [1.165, 1.54) is 12.1 Å². The van der Waals surface area contributed by atoms with Crippen LogP contribution in [0.5, 0.6) is 5.75 Å². The summed E-state index contributed by atoms with van der Waals surface area (Å²) in [7, 11) is 0. The fourth-order valence-electron chi connectivity index (χ4n) is 4.73.